The van der Waals surface area contributed by atoms with E-state index in [1.54, 1.807) is 7.05 Å². The lowest BCUT2D eigenvalue weighted by atomic mass is 10.1. The lowest BCUT2D eigenvalue weighted by molar-refractivity contribution is 0.296. The third kappa shape index (κ3) is 6.97. The molecule has 1 aliphatic carbocycles. The van der Waals surface area contributed by atoms with Crippen LogP contribution < -0.4 is 15.4 Å². The van der Waals surface area contributed by atoms with E-state index in [-0.39, 0.29) is 24.0 Å². The zero-order chi connectivity index (χ0) is 15.9. The monoisotopic (exact) mass is 431 g/mol. The number of nitrogens with zero attached hydrogens (tertiary/aromatic N) is 1. The van der Waals surface area contributed by atoms with Gasteiger partial charge in [0.1, 0.15) is 5.75 Å². The molecule has 1 fully saturated rings. The molecule has 0 heterocycles. The van der Waals surface area contributed by atoms with Crippen molar-refractivity contribution in [3.63, 3.8) is 0 Å². The van der Waals surface area contributed by atoms with E-state index in [1.165, 1.54) is 18.4 Å². The van der Waals surface area contributed by atoms with Crippen molar-refractivity contribution in [2.45, 2.75) is 46.2 Å². The Balaban J connectivity index is 0.00000264. The fourth-order valence-electron chi connectivity index (χ4n) is 2.04. The van der Waals surface area contributed by atoms with E-state index in [9.17, 15) is 0 Å². The Morgan fingerprint density at radius 2 is 1.96 bits per heavy atom. The molecule has 1 aromatic carbocycles. The van der Waals surface area contributed by atoms with Gasteiger partial charge in [-0.05, 0) is 37.7 Å². The minimum atomic E-state index is 0. The molecule has 1 atom stereocenters. The lowest BCUT2D eigenvalue weighted by Crippen LogP contribution is -2.43. The molecule has 0 aliphatic heterocycles. The lowest BCUT2D eigenvalue weighted by Gasteiger charge is -2.21. The van der Waals surface area contributed by atoms with E-state index in [1.807, 2.05) is 18.2 Å². The summed E-state index contributed by atoms with van der Waals surface area (Å²) >= 11 is 0. The van der Waals surface area contributed by atoms with Gasteiger partial charge in [-0.15, -0.1) is 24.0 Å². The highest BCUT2D eigenvalue weighted by Gasteiger charge is 2.22. The Bertz CT molecular complexity index is 501. The van der Waals surface area contributed by atoms with Gasteiger partial charge in [-0.25, -0.2) is 0 Å². The van der Waals surface area contributed by atoms with Crippen LogP contribution >= 0.6 is 24.0 Å². The van der Waals surface area contributed by atoms with Crippen molar-refractivity contribution in [2.75, 3.05) is 13.7 Å². The van der Waals surface area contributed by atoms with Crippen molar-refractivity contribution < 1.29 is 4.74 Å². The number of rotatable bonds is 7. The molecular weight excluding hydrogens is 401 g/mol. The number of para-hydroxylation sites is 1. The van der Waals surface area contributed by atoms with Gasteiger partial charge in [0.05, 0.1) is 6.61 Å². The SMILES string of the molecule is CN=C(NCc1ccccc1OCC1CC1)NC(C)C(C)C.I. The van der Waals surface area contributed by atoms with Gasteiger partial charge in [-0.3, -0.25) is 4.99 Å². The Morgan fingerprint density at radius 1 is 1.26 bits per heavy atom. The zero-order valence-electron chi connectivity index (χ0n) is 14.6. The molecule has 5 heteroatoms. The van der Waals surface area contributed by atoms with E-state index >= 15 is 0 Å². The average molecular weight is 431 g/mol. The Kier molecular flexibility index (Phi) is 8.73. The highest BCUT2D eigenvalue weighted by molar-refractivity contribution is 14.0. The van der Waals surface area contributed by atoms with Crippen molar-refractivity contribution in [2.24, 2.45) is 16.8 Å². The maximum atomic E-state index is 5.95. The molecule has 130 valence electrons. The normalized spacial score (nSPS) is 15.8. The number of hydrogen-bond donors (Lipinski definition) is 2. The highest BCUT2D eigenvalue weighted by Crippen LogP contribution is 2.30. The molecule has 1 aliphatic rings. The van der Waals surface area contributed by atoms with Crippen molar-refractivity contribution in [3.05, 3.63) is 29.8 Å². The fourth-order valence-corrected chi connectivity index (χ4v) is 2.04. The summed E-state index contributed by atoms with van der Waals surface area (Å²) in [5, 5.41) is 6.79. The molecule has 1 aromatic rings. The van der Waals surface area contributed by atoms with E-state index in [4.69, 9.17) is 4.74 Å². The van der Waals surface area contributed by atoms with Crippen LogP contribution in [0.4, 0.5) is 0 Å². The maximum absolute atomic E-state index is 5.95. The van der Waals surface area contributed by atoms with Gasteiger partial charge in [0.25, 0.3) is 0 Å². The summed E-state index contributed by atoms with van der Waals surface area (Å²) < 4.78 is 5.95. The fraction of sp³-hybridized carbons (Fsp3) is 0.611. The second-order valence-corrected chi connectivity index (χ2v) is 6.46. The minimum Gasteiger partial charge on any atom is -0.493 e. The van der Waals surface area contributed by atoms with Crippen molar-refractivity contribution in [1.82, 2.24) is 10.6 Å². The van der Waals surface area contributed by atoms with Gasteiger partial charge in [0, 0.05) is 25.2 Å². The van der Waals surface area contributed by atoms with Crippen molar-refractivity contribution in [3.8, 4) is 5.75 Å². The Hall–Kier alpha value is -0.980. The molecule has 0 spiro atoms. The van der Waals surface area contributed by atoms with Crippen LogP contribution in [0, 0.1) is 11.8 Å². The minimum absolute atomic E-state index is 0. The summed E-state index contributed by atoms with van der Waals surface area (Å²) in [6.07, 6.45) is 2.62. The molecule has 4 nitrogen and oxygen atoms in total. The first-order chi connectivity index (χ1) is 10.6. The number of benzene rings is 1. The summed E-state index contributed by atoms with van der Waals surface area (Å²) in [6, 6.07) is 8.61. The number of hydrogen-bond acceptors (Lipinski definition) is 2. The number of aliphatic imine (C=N–C) groups is 1. The number of nitrogens with one attached hydrogen (secondary N) is 2. The van der Waals surface area contributed by atoms with Crippen LogP contribution in [0.3, 0.4) is 0 Å². The van der Waals surface area contributed by atoms with Crippen molar-refractivity contribution >= 4 is 29.9 Å². The molecule has 0 aromatic heterocycles. The van der Waals surface area contributed by atoms with Gasteiger partial charge in [-0.2, -0.15) is 0 Å². The summed E-state index contributed by atoms with van der Waals surface area (Å²) in [7, 11) is 1.80. The first-order valence-electron chi connectivity index (χ1n) is 8.28. The molecule has 0 amide bonds. The Morgan fingerprint density at radius 3 is 2.57 bits per heavy atom. The summed E-state index contributed by atoms with van der Waals surface area (Å²) in [4.78, 5) is 4.29. The molecule has 1 saturated carbocycles. The first kappa shape index (κ1) is 20.1. The molecule has 0 saturated heterocycles. The Labute approximate surface area is 157 Å². The zero-order valence-corrected chi connectivity index (χ0v) is 17.0. The van der Waals surface area contributed by atoms with Gasteiger partial charge < -0.3 is 15.4 Å². The summed E-state index contributed by atoms with van der Waals surface area (Å²) in [6.45, 7) is 8.13. The van der Waals surface area contributed by atoms with Crippen LogP contribution in [0.1, 0.15) is 39.2 Å². The van der Waals surface area contributed by atoms with Crippen LogP contribution in [0.2, 0.25) is 0 Å². The third-order valence-corrected chi connectivity index (χ3v) is 4.18. The van der Waals surface area contributed by atoms with Gasteiger partial charge in [0.15, 0.2) is 5.96 Å². The van der Waals surface area contributed by atoms with Crippen LogP contribution in [-0.2, 0) is 6.54 Å². The molecule has 1 unspecified atom stereocenters. The molecule has 2 rings (SSSR count). The van der Waals surface area contributed by atoms with E-state index in [2.05, 4.69) is 42.5 Å². The van der Waals surface area contributed by atoms with Crippen LogP contribution in [0.5, 0.6) is 5.75 Å². The number of guanidine groups is 1. The van der Waals surface area contributed by atoms with Crippen molar-refractivity contribution in [1.29, 1.82) is 0 Å². The van der Waals surface area contributed by atoms with Crippen LogP contribution in [0.15, 0.2) is 29.3 Å². The maximum Gasteiger partial charge on any atom is 0.191 e. The topological polar surface area (TPSA) is 45.7 Å². The summed E-state index contributed by atoms with van der Waals surface area (Å²) in [5.74, 6) is 3.14. The molecular formula is C18H30IN3O. The third-order valence-electron chi connectivity index (χ3n) is 4.18. The predicted molar refractivity (Wildman–Crippen MR) is 108 cm³/mol. The summed E-state index contributed by atoms with van der Waals surface area (Å²) in [5.41, 5.74) is 1.17. The second kappa shape index (κ2) is 10.0. The molecule has 0 radical (unpaired) electrons. The number of halogens is 1. The van der Waals surface area contributed by atoms with E-state index in [0.29, 0.717) is 18.5 Å². The van der Waals surface area contributed by atoms with E-state index < -0.39 is 0 Å². The van der Waals surface area contributed by atoms with Gasteiger partial charge in [0.2, 0.25) is 0 Å². The van der Waals surface area contributed by atoms with Crippen LogP contribution in [0.25, 0.3) is 0 Å². The molecule has 2 N–H and O–H groups in total. The highest BCUT2D eigenvalue weighted by atomic mass is 127. The standard InChI is InChI=1S/C18H29N3O.HI/c1-13(2)14(3)21-18(19-4)20-11-16-7-5-6-8-17(16)22-12-15-9-10-15;/h5-8,13-15H,9-12H2,1-4H3,(H2,19,20,21);1H. The first-order valence-corrected chi connectivity index (χ1v) is 8.28. The molecule has 0 bridgehead atoms. The largest absolute Gasteiger partial charge is 0.493 e. The van der Waals surface area contributed by atoms with Gasteiger partial charge >= 0.3 is 0 Å². The molecule has 23 heavy (non-hydrogen) atoms. The second-order valence-electron chi connectivity index (χ2n) is 6.46. The average Bonchev–Trinajstić information content (AvgIpc) is 3.34. The van der Waals surface area contributed by atoms with Gasteiger partial charge in [-0.1, -0.05) is 32.0 Å². The van der Waals surface area contributed by atoms with Crippen LogP contribution in [-0.4, -0.2) is 25.7 Å². The van der Waals surface area contributed by atoms with E-state index in [0.717, 1.165) is 24.2 Å². The predicted octanol–water partition coefficient (Wildman–Crippen LogP) is 3.80. The number of ether oxygens (including phenoxy) is 1. The smallest absolute Gasteiger partial charge is 0.191 e. The quantitative estimate of drug-likeness (QED) is 0.392.